The lowest BCUT2D eigenvalue weighted by molar-refractivity contribution is -0.137. The first-order valence-corrected chi connectivity index (χ1v) is 14.1. The summed E-state index contributed by atoms with van der Waals surface area (Å²) in [6.07, 6.45) is -3.89. The normalized spacial score (nSPS) is 16.3. The van der Waals surface area contributed by atoms with Crippen molar-refractivity contribution in [3.8, 4) is 0 Å². The molecule has 0 radical (unpaired) electrons. The number of rotatable bonds is 5. The molecule has 0 spiro atoms. The van der Waals surface area contributed by atoms with Crippen LogP contribution in [0.25, 0.3) is 0 Å². The van der Waals surface area contributed by atoms with Gasteiger partial charge < -0.3 is 5.73 Å². The van der Waals surface area contributed by atoms with Gasteiger partial charge in [-0.15, -0.1) is 0 Å². The molecule has 0 aromatic heterocycles. The molecule has 1 unspecified atom stereocenters. The van der Waals surface area contributed by atoms with Crippen LogP contribution < -0.4 is 5.73 Å². The van der Waals surface area contributed by atoms with Crippen LogP contribution in [0.1, 0.15) is 34.6 Å². The Hall–Kier alpha value is -4.22. The number of amidine groups is 1. The van der Waals surface area contributed by atoms with Gasteiger partial charge in [0.2, 0.25) is 0 Å². The van der Waals surface area contributed by atoms with Crippen LogP contribution in [0.2, 0.25) is 5.02 Å². The van der Waals surface area contributed by atoms with Crippen molar-refractivity contribution in [3.05, 3.63) is 136 Å². The monoisotopic (exact) mass is 627 g/mol. The Labute approximate surface area is 253 Å². The van der Waals surface area contributed by atoms with E-state index in [0.717, 1.165) is 47.3 Å². The van der Waals surface area contributed by atoms with Crippen molar-refractivity contribution in [2.45, 2.75) is 23.4 Å². The molecule has 12 heteroatoms. The molecule has 4 aromatic rings. The molecule has 5 nitrogen and oxygen atoms in total. The number of aliphatic imine (C=N–C) groups is 1. The highest BCUT2D eigenvalue weighted by atomic mass is 35.5. The molecule has 0 aliphatic carbocycles. The number of nitrogens with two attached hydrogens (primary N) is 1. The predicted octanol–water partition coefficient (Wildman–Crippen LogP) is 8.30. The Morgan fingerprint density at radius 2 is 1.63 bits per heavy atom. The van der Waals surface area contributed by atoms with Gasteiger partial charge in [0.15, 0.2) is 0 Å². The maximum Gasteiger partial charge on any atom is 0.416 e. The summed E-state index contributed by atoms with van der Waals surface area (Å²) in [6, 6.07) is 24.4. The first-order valence-electron chi connectivity index (χ1n) is 13.0. The molecule has 0 saturated heterocycles. The molecule has 0 saturated carbocycles. The molecule has 0 fully saturated rings. The van der Waals surface area contributed by atoms with E-state index in [9.17, 15) is 22.0 Å². The van der Waals surface area contributed by atoms with Gasteiger partial charge in [-0.3, -0.25) is 0 Å². The highest BCUT2D eigenvalue weighted by Gasteiger charge is 2.30. The van der Waals surface area contributed by atoms with Crippen molar-refractivity contribution in [2.75, 3.05) is 6.54 Å². The topological polar surface area (TPSA) is 66.3 Å². The van der Waals surface area contributed by atoms with Crippen molar-refractivity contribution in [1.29, 1.82) is 0 Å². The molecule has 1 heterocycles. The Morgan fingerprint density at radius 1 is 0.930 bits per heavy atom. The van der Waals surface area contributed by atoms with Crippen LogP contribution in [0.15, 0.2) is 116 Å². The molecular weight excluding hydrogens is 605 g/mol. The summed E-state index contributed by atoms with van der Waals surface area (Å²) in [5.41, 5.74) is 7.76. The lowest BCUT2D eigenvalue weighted by atomic mass is 9.86. The summed E-state index contributed by atoms with van der Waals surface area (Å²) < 4.78 is 71.6. The number of halogens is 6. The second-order valence-corrected chi connectivity index (χ2v) is 10.8. The molecule has 2 N–H and O–H groups in total. The maximum absolute atomic E-state index is 14.5. The van der Waals surface area contributed by atoms with Crippen molar-refractivity contribution in [2.24, 2.45) is 20.2 Å². The van der Waals surface area contributed by atoms with Gasteiger partial charge in [0.05, 0.1) is 16.8 Å². The van der Waals surface area contributed by atoms with Crippen LogP contribution in [0.4, 0.5) is 22.0 Å². The van der Waals surface area contributed by atoms with Gasteiger partial charge >= 0.3 is 6.18 Å². The molecule has 5 rings (SSSR count). The maximum atomic E-state index is 14.5. The van der Waals surface area contributed by atoms with Crippen LogP contribution >= 0.6 is 23.5 Å². The van der Waals surface area contributed by atoms with Gasteiger partial charge in [-0.25, -0.2) is 13.8 Å². The summed E-state index contributed by atoms with van der Waals surface area (Å²) in [5.74, 6) is -2.08. The van der Waals surface area contributed by atoms with E-state index in [1.165, 1.54) is 17.1 Å². The molecule has 1 atom stereocenters. The summed E-state index contributed by atoms with van der Waals surface area (Å²) in [7, 11) is 0. The Kier molecular flexibility index (Phi) is 9.12. The number of guanidine groups is 1. The largest absolute Gasteiger partial charge is 0.416 e. The zero-order chi connectivity index (χ0) is 30.6. The van der Waals surface area contributed by atoms with Gasteiger partial charge in [-0.05, 0) is 66.1 Å². The second-order valence-electron chi connectivity index (χ2n) is 9.49. The molecule has 0 amide bonds. The fraction of sp³-hybridized carbons (Fsp3) is 0.129. The third-order valence-electron chi connectivity index (χ3n) is 6.60. The first-order chi connectivity index (χ1) is 20.6. The standard InChI is InChI=1S/C31H23ClF5N5S/c32-22-10-6-20(7-11-22)28-25(19-4-2-1-3-5-19)16-17-42(40-28)30(39-29(38)26-15-12-23(33)18-27(26)34)41-43-24-13-8-21(9-14-24)31(35,36)37/h1-15,18,25H,16-17H2,(H2,38,39,41). The van der Waals surface area contributed by atoms with Crippen LogP contribution in [0.5, 0.6) is 0 Å². The van der Waals surface area contributed by atoms with Crippen molar-refractivity contribution >= 4 is 41.1 Å². The van der Waals surface area contributed by atoms with E-state index in [1.807, 2.05) is 42.5 Å². The number of nitrogens with zero attached hydrogens (tertiary/aromatic N) is 4. The number of hydrazone groups is 1. The minimum atomic E-state index is -4.48. The van der Waals surface area contributed by atoms with Crippen molar-refractivity contribution < 1.29 is 22.0 Å². The number of alkyl halides is 3. The minimum Gasteiger partial charge on any atom is -0.383 e. The van der Waals surface area contributed by atoms with E-state index in [2.05, 4.69) is 9.39 Å². The summed E-state index contributed by atoms with van der Waals surface area (Å²) in [6.45, 7) is 0.339. The van der Waals surface area contributed by atoms with E-state index in [0.29, 0.717) is 34.7 Å². The highest BCUT2D eigenvalue weighted by Crippen LogP contribution is 2.33. The minimum absolute atomic E-state index is 0.0240. The number of hydrogen-bond donors (Lipinski definition) is 1. The Morgan fingerprint density at radius 3 is 2.28 bits per heavy atom. The number of benzene rings is 4. The lowest BCUT2D eigenvalue weighted by Gasteiger charge is -2.30. The van der Waals surface area contributed by atoms with Gasteiger partial charge in [-0.2, -0.15) is 27.7 Å². The Balaban J connectivity index is 1.57. The summed E-state index contributed by atoms with van der Waals surface area (Å²) in [4.78, 5) is 4.75. The van der Waals surface area contributed by atoms with E-state index in [4.69, 9.17) is 22.4 Å². The van der Waals surface area contributed by atoms with Crippen LogP contribution in [-0.2, 0) is 6.18 Å². The lowest BCUT2D eigenvalue weighted by Crippen LogP contribution is -2.36. The van der Waals surface area contributed by atoms with E-state index in [1.54, 1.807) is 12.1 Å². The SMILES string of the molecule is N/C(=N\C(=N\Sc1ccc(C(F)(F)F)cc1)N1CCC(c2ccccc2)C(c2ccc(Cl)cc2)=N1)c1ccc(F)cc1F. The Bertz CT molecular complexity index is 1670. The zero-order valence-corrected chi connectivity index (χ0v) is 23.8. The average Bonchev–Trinajstić information content (AvgIpc) is 2.99. The van der Waals surface area contributed by atoms with E-state index < -0.39 is 23.4 Å². The van der Waals surface area contributed by atoms with E-state index in [-0.39, 0.29) is 23.3 Å². The molecule has 43 heavy (non-hydrogen) atoms. The van der Waals surface area contributed by atoms with Crippen molar-refractivity contribution in [3.63, 3.8) is 0 Å². The van der Waals surface area contributed by atoms with Gasteiger partial charge in [-0.1, -0.05) is 54.1 Å². The molecule has 1 aliphatic heterocycles. The van der Waals surface area contributed by atoms with Gasteiger partial charge in [0.25, 0.3) is 5.96 Å². The molecule has 220 valence electrons. The highest BCUT2D eigenvalue weighted by molar-refractivity contribution is 7.98. The van der Waals surface area contributed by atoms with Gasteiger partial charge in [0.1, 0.15) is 17.5 Å². The fourth-order valence-corrected chi connectivity index (χ4v) is 5.17. The molecule has 0 bridgehead atoms. The number of hydrogen-bond acceptors (Lipinski definition) is 3. The molecule has 4 aromatic carbocycles. The fourth-order valence-electron chi connectivity index (χ4n) is 4.46. The average molecular weight is 628 g/mol. The summed E-state index contributed by atoms with van der Waals surface area (Å²) >= 11 is 6.99. The molecular formula is C31H23ClF5N5S. The quantitative estimate of drug-likeness (QED) is 0.105. The van der Waals surface area contributed by atoms with Crippen molar-refractivity contribution in [1.82, 2.24) is 5.01 Å². The third-order valence-corrected chi connectivity index (χ3v) is 7.59. The van der Waals surface area contributed by atoms with Crippen LogP contribution in [-0.4, -0.2) is 29.1 Å². The second kappa shape index (κ2) is 13.0. The van der Waals surface area contributed by atoms with Crippen LogP contribution in [0, 0.1) is 11.6 Å². The predicted molar refractivity (Wildman–Crippen MR) is 160 cm³/mol. The zero-order valence-electron chi connectivity index (χ0n) is 22.3. The smallest absolute Gasteiger partial charge is 0.383 e. The molecule has 1 aliphatic rings. The van der Waals surface area contributed by atoms with Gasteiger partial charge in [0, 0.05) is 40.4 Å². The van der Waals surface area contributed by atoms with E-state index >= 15 is 0 Å². The summed E-state index contributed by atoms with van der Waals surface area (Å²) in [5, 5.41) is 6.95. The van der Waals surface area contributed by atoms with Crippen LogP contribution in [0.3, 0.4) is 0 Å². The third kappa shape index (κ3) is 7.41. The first kappa shape index (κ1) is 30.2.